The summed E-state index contributed by atoms with van der Waals surface area (Å²) in [4.78, 5) is 9.04. The summed E-state index contributed by atoms with van der Waals surface area (Å²) in [5, 5.41) is 0.558. The van der Waals surface area contributed by atoms with Gasteiger partial charge in [-0.1, -0.05) is 53.7 Å². The Bertz CT molecular complexity index is 1260. The summed E-state index contributed by atoms with van der Waals surface area (Å²) >= 11 is 5.68. The van der Waals surface area contributed by atoms with E-state index in [0.29, 0.717) is 16.7 Å². The molecule has 3 aromatic rings. The fourth-order valence-corrected chi connectivity index (χ4v) is 5.98. The highest BCUT2D eigenvalue weighted by molar-refractivity contribution is 14.1. The molecule has 8 heteroatoms. The van der Waals surface area contributed by atoms with E-state index in [4.69, 9.17) is 4.18 Å². The van der Waals surface area contributed by atoms with Crippen LogP contribution in [0.1, 0.15) is 81.8 Å². The van der Waals surface area contributed by atoms with E-state index in [9.17, 15) is 8.42 Å². The van der Waals surface area contributed by atoms with Gasteiger partial charge in [0.05, 0.1) is 10.9 Å². The van der Waals surface area contributed by atoms with E-state index in [2.05, 4.69) is 62.3 Å². The second kappa shape index (κ2) is 9.54. The summed E-state index contributed by atoms with van der Waals surface area (Å²) in [5.41, 5.74) is 3.29. The van der Waals surface area contributed by atoms with Gasteiger partial charge < -0.3 is 4.18 Å². The zero-order valence-electron chi connectivity index (χ0n) is 19.3. The van der Waals surface area contributed by atoms with Crippen molar-refractivity contribution in [1.29, 1.82) is 0 Å². The Hall–Kier alpha value is -1.26. The maximum absolute atomic E-state index is 13.7. The van der Waals surface area contributed by atoms with Crippen LogP contribution >= 0.6 is 38.5 Å². The maximum Gasteiger partial charge on any atom is 0.341 e. The van der Waals surface area contributed by atoms with Crippen molar-refractivity contribution in [3.8, 4) is 5.88 Å². The van der Waals surface area contributed by atoms with Gasteiger partial charge in [-0.05, 0) is 92.0 Å². The second-order valence-electron chi connectivity index (χ2n) is 8.89. The van der Waals surface area contributed by atoms with Gasteiger partial charge in [0.1, 0.15) is 10.7 Å². The van der Waals surface area contributed by atoms with E-state index in [1.165, 1.54) is 0 Å². The lowest BCUT2D eigenvalue weighted by Gasteiger charge is -2.22. The Balaban J connectivity index is 2.27. The first-order valence-electron chi connectivity index (χ1n) is 10.6. The molecule has 0 bridgehead atoms. The molecule has 1 aromatic heterocycles. The van der Waals surface area contributed by atoms with E-state index >= 15 is 0 Å². The molecule has 0 saturated carbocycles. The van der Waals surface area contributed by atoms with Crippen LogP contribution in [0.3, 0.4) is 0 Å². The first-order chi connectivity index (χ1) is 14.8. The fourth-order valence-electron chi connectivity index (χ4n) is 3.59. The Labute approximate surface area is 212 Å². The highest BCUT2D eigenvalue weighted by Crippen LogP contribution is 2.37. The van der Waals surface area contributed by atoms with Gasteiger partial charge in [-0.15, -0.1) is 0 Å². The third-order valence-electron chi connectivity index (χ3n) is 5.33. The van der Waals surface area contributed by atoms with Crippen LogP contribution in [-0.2, 0) is 10.1 Å². The maximum atomic E-state index is 13.7. The lowest BCUT2D eigenvalue weighted by atomic mass is 9.89. The summed E-state index contributed by atoms with van der Waals surface area (Å²) in [6, 6.07) is 7.68. The number of rotatable bonds is 6. The number of fused-ring (bicyclic) bond motifs is 1. The minimum Gasteiger partial charge on any atom is -0.357 e. The molecule has 0 atom stereocenters. The third kappa shape index (κ3) is 5.12. The normalized spacial score (nSPS) is 12.4. The molecule has 0 N–H and O–H groups in total. The SMILES string of the molecule is Cc1nc(OS(=O)(=O)c2c(C(C)C)cc(C(C)C)cc2C(C)C)c2cc(I)c(Br)cc2n1. The Morgan fingerprint density at radius 2 is 1.47 bits per heavy atom. The van der Waals surface area contributed by atoms with Crippen molar-refractivity contribution in [2.24, 2.45) is 0 Å². The molecule has 0 aliphatic rings. The van der Waals surface area contributed by atoms with E-state index in [-0.39, 0.29) is 28.5 Å². The molecule has 5 nitrogen and oxygen atoms in total. The predicted octanol–water partition coefficient (Wildman–Crippen LogP) is 7.44. The molecule has 3 rings (SSSR count). The smallest absolute Gasteiger partial charge is 0.341 e. The van der Waals surface area contributed by atoms with Gasteiger partial charge in [0.15, 0.2) is 0 Å². The summed E-state index contributed by atoms with van der Waals surface area (Å²) in [6.07, 6.45) is 0. The average molecular weight is 631 g/mol. The van der Waals surface area contributed by atoms with Gasteiger partial charge in [0, 0.05) is 8.04 Å². The molecule has 172 valence electrons. The minimum absolute atomic E-state index is 0.0142. The summed E-state index contributed by atoms with van der Waals surface area (Å²) in [6.45, 7) is 14.0. The minimum atomic E-state index is -4.14. The molecule has 32 heavy (non-hydrogen) atoms. The molecule has 1 heterocycles. The van der Waals surface area contributed by atoms with Crippen LogP contribution in [0, 0.1) is 10.5 Å². The number of hydrogen-bond acceptors (Lipinski definition) is 5. The van der Waals surface area contributed by atoms with Crippen LogP contribution in [0.2, 0.25) is 0 Å². The lowest BCUT2D eigenvalue weighted by molar-refractivity contribution is 0.474. The molecule has 0 spiro atoms. The van der Waals surface area contributed by atoms with E-state index in [0.717, 1.165) is 24.7 Å². The topological polar surface area (TPSA) is 69.2 Å². The predicted molar refractivity (Wildman–Crippen MR) is 141 cm³/mol. The molecular weight excluding hydrogens is 603 g/mol. The van der Waals surface area contributed by atoms with Crippen molar-refractivity contribution in [3.05, 3.63) is 54.8 Å². The molecule has 0 amide bonds. The van der Waals surface area contributed by atoms with Crippen molar-refractivity contribution in [2.45, 2.75) is 71.1 Å². The Kier molecular flexibility index (Phi) is 7.56. The molecule has 0 aliphatic heterocycles. The quantitative estimate of drug-likeness (QED) is 0.209. The molecule has 0 saturated heterocycles. The Morgan fingerprint density at radius 3 is 1.97 bits per heavy atom. The molecular formula is C24H28BrIN2O3S. The summed E-state index contributed by atoms with van der Waals surface area (Å²) in [7, 11) is -4.14. The van der Waals surface area contributed by atoms with Crippen molar-refractivity contribution in [2.75, 3.05) is 0 Å². The van der Waals surface area contributed by atoms with Crippen LogP contribution < -0.4 is 4.18 Å². The second-order valence-corrected chi connectivity index (χ2v) is 12.4. The lowest BCUT2D eigenvalue weighted by Crippen LogP contribution is -2.18. The number of nitrogens with zero attached hydrogens (tertiary/aromatic N) is 2. The average Bonchev–Trinajstić information content (AvgIpc) is 2.67. The summed E-state index contributed by atoms with van der Waals surface area (Å²) < 4.78 is 35.0. The van der Waals surface area contributed by atoms with Gasteiger partial charge in [0.2, 0.25) is 5.88 Å². The van der Waals surface area contributed by atoms with E-state index in [1.54, 1.807) is 6.92 Å². The van der Waals surface area contributed by atoms with Gasteiger partial charge in [-0.3, -0.25) is 0 Å². The van der Waals surface area contributed by atoms with Crippen molar-refractivity contribution in [3.63, 3.8) is 0 Å². The van der Waals surface area contributed by atoms with Crippen molar-refractivity contribution < 1.29 is 12.6 Å². The van der Waals surface area contributed by atoms with Crippen molar-refractivity contribution in [1.82, 2.24) is 9.97 Å². The van der Waals surface area contributed by atoms with Crippen LogP contribution in [0.15, 0.2) is 33.6 Å². The van der Waals surface area contributed by atoms with Gasteiger partial charge in [0.25, 0.3) is 0 Å². The van der Waals surface area contributed by atoms with Crippen LogP contribution in [0.5, 0.6) is 5.88 Å². The number of hydrogen-bond donors (Lipinski definition) is 0. The highest BCUT2D eigenvalue weighted by Gasteiger charge is 2.30. The van der Waals surface area contributed by atoms with Gasteiger partial charge in [-0.25, -0.2) is 4.98 Å². The number of aromatic nitrogens is 2. The monoisotopic (exact) mass is 630 g/mol. The van der Waals surface area contributed by atoms with Crippen molar-refractivity contribution >= 4 is 59.5 Å². The Morgan fingerprint density at radius 1 is 0.906 bits per heavy atom. The standard InChI is InChI=1S/C24H28BrIN2O3S/c1-12(2)16-8-17(13(3)4)23(18(9-16)14(5)6)32(29,30)31-24-19-10-21(26)20(25)11-22(19)27-15(7)28-24/h8-14H,1-7H3. The van der Waals surface area contributed by atoms with Crippen LogP contribution in [-0.4, -0.2) is 18.4 Å². The zero-order valence-corrected chi connectivity index (χ0v) is 23.9. The molecule has 0 radical (unpaired) electrons. The number of aryl methyl sites for hydroxylation is 1. The zero-order chi connectivity index (χ0) is 24.0. The fraction of sp³-hybridized carbons (Fsp3) is 0.417. The largest absolute Gasteiger partial charge is 0.357 e. The highest BCUT2D eigenvalue weighted by atomic mass is 127. The molecule has 0 aliphatic carbocycles. The molecule has 2 aromatic carbocycles. The number of halogens is 2. The van der Waals surface area contributed by atoms with Crippen LogP contribution in [0.4, 0.5) is 0 Å². The van der Waals surface area contributed by atoms with Gasteiger partial charge in [-0.2, -0.15) is 13.4 Å². The first kappa shape index (κ1) is 25.4. The molecule has 0 fully saturated rings. The first-order valence-corrected chi connectivity index (χ1v) is 13.9. The molecule has 0 unspecified atom stereocenters. The van der Waals surface area contributed by atoms with Gasteiger partial charge >= 0.3 is 10.1 Å². The van der Waals surface area contributed by atoms with Crippen LogP contribution in [0.25, 0.3) is 10.9 Å². The summed E-state index contributed by atoms with van der Waals surface area (Å²) in [5.74, 6) is 0.812. The van der Waals surface area contributed by atoms with E-state index < -0.39 is 10.1 Å². The third-order valence-corrected chi connectivity index (χ3v) is 8.97. The number of benzene rings is 2. The van der Waals surface area contributed by atoms with E-state index in [1.807, 2.05) is 52.0 Å².